The zero-order chi connectivity index (χ0) is 25.8. The van der Waals surface area contributed by atoms with E-state index >= 15 is 0 Å². The largest absolute Gasteiger partial charge is 0.135 e. The molecule has 182 valence electrons. The molecule has 1 aromatic heterocycles. The van der Waals surface area contributed by atoms with Gasteiger partial charge in [0.25, 0.3) is 0 Å². The second kappa shape index (κ2) is 8.94. The van der Waals surface area contributed by atoms with Gasteiger partial charge in [-0.1, -0.05) is 127 Å². The normalized spacial score (nSPS) is 11.6. The maximum atomic E-state index is 2.41. The van der Waals surface area contributed by atoms with Crippen LogP contribution in [-0.4, -0.2) is 0 Å². The molecule has 8 rings (SSSR count). The van der Waals surface area contributed by atoms with Crippen molar-refractivity contribution >= 4 is 53.1 Å². The van der Waals surface area contributed by atoms with E-state index in [0.717, 1.165) is 0 Å². The summed E-state index contributed by atoms with van der Waals surface area (Å²) in [6, 6.07) is 53.1. The first kappa shape index (κ1) is 22.3. The fourth-order valence-corrected chi connectivity index (χ4v) is 7.22. The first-order valence-electron chi connectivity index (χ1n) is 13.4. The molecular weight excluding hydrogens is 488 g/mol. The maximum absolute atomic E-state index is 2.41. The molecule has 0 saturated heterocycles. The Morgan fingerprint density at radius 1 is 0.282 bits per heavy atom. The SMILES string of the molecule is c1ccc(-c2ccc3c(c2)sc2ccc(-c4c5ccccc5c(-c5ccccc5)c5ccccc45)cc23)cc1. The van der Waals surface area contributed by atoms with Gasteiger partial charge in [0.05, 0.1) is 0 Å². The lowest BCUT2D eigenvalue weighted by molar-refractivity contribution is 1.66. The average Bonchev–Trinajstić information content (AvgIpc) is 3.38. The summed E-state index contributed by atoms with van der Waals surface area (Å²) in [6.45, 7) is 0. The van der Waals surface area contributed by atoms with Crippen molar-refractivity contribution in [2.45, 2.75) is 0 Å². The molecule has 0 atom stereocenters. The highest BCUT2D eigenvalue weighted by molar-refractivity contribution is 7.25. The third-order valence-electron chi connectivity index (χ3n) is 7.86. The molecule has 0 radical (unpaired) electrons. The molecule has 0 saturated carbocycles. The zero-order valence-corrected chi connectivity index (χ0v) is 22.1. The van der Waals surface area contributed by atoms with Crippen LogP contribution in [0.4, 0.5) is 0 Å². The minimum Gasteiger partial charge on any atom is -0.135 e. The Morgan fingerprint density at radius 3 is 1.41 bits per heavy atom. The predicted octanol–water partition coefficient (Wildman–Crippen LogP) is 11.4. The van der Waals surface area contributed by atoms with E-state index in [0.29, 0.717) is 0 Å². The van der Waals surface area contributed by atoms with Gasteiger partial charge in [-0.3, -0.25) is 0 Å². The predicted molar refractivity (Wildman–Crippen MR) is 171 cm³/mol. The van der Waals surface area contributed by atoms with Crippen LogP contribution >= 0.6 is 11.3 Å². The summed E-state index contributed by atoms with van der Waals surface area (Å²) in [4.78, 5) is 0. The van der Waals surface area contributed by atoms with Crippen LogP contribution in [0.3, 0.4) is 0 Å². The number of benzene rings is 7. The van der Waals surface area contributed by atoms with E-state index in [1.54, 1.807) is 0 Å². The Kier molecular flexibility index (Phi) is 5.11. The second-order valence-corrected chi connectivity index (χ2v) is 11.2. The third-order valence-corrected chi connectivity index (χ3v) is 8.99. The average molecular weight is 513 g/mol. The Labute approximate surface area is 231 Å². The molecule has 7 aromatic carbocycles. The van der Waals surface area contributed by atoms with E-state index in [-0.39, 0.29) is 0 Å². The van der Waals surface area contributed by atoms with Crippen molar-refractivity contribution in [1.82, 2.24) is 0 Å². The van der Waals surface area contributed by atoms with Crippen molar-refractivity contribution in [3.8, 4) is 33.4 Å². The smallest absolute Gasteiger partial charge is 0.0361 e. The number of hydrogen-bond acceptors (Lipinski definition) is 1. The van der Waals surface area contributed by atoms with Crippen LogP contribution in [0.1, 0.15) is 0 Å². The molecule has 0 unspecified atom stereocenters. The third kappa shape index (κ3) is 3.59. The highest BCUT2D eigenvalue weighted by Gasteiger charge is 2.17. The van der Waals surface area contributed by atoms with Crippen molar-refractivity contribution in [2.24, 2.45) is 0 Å². The lowest BCUT2D eigenvalue weighted by Crippen LogP contribution is -1.90. The molecule has 1 heterocycles. The van der Waals surface area contributed by atoms with Crippen molar-refractivity contribution in [3.05, 3.63) is 146 Å². The molecular formula is C38H24S. The van der Waals surface area contributed by atoms with E-state index < -0.39 is 0 Å². The van der Waals surface area contributed by atoms with Crippen LogP contribution in [-0.2, 0) is 0 Å². The molecule has 0 amide bonds. The zero-order valence-electron chi connectivity index (χ0n) is 21.3. The summed E-state index contributed by atoms with van der Waals surface area (Å²) in [6.07, 6.45) is 0. The fourth-order valence-electron chi connectivity index (χ4n) is 6.10. The number of thiophene rings is 1. The van der Waals surface area contributed by atoms with Gasteiger partial charge >= 0.3 is 0 Å². The van der Waals surface area contributed by atoms with E-state index in [1.165, 1.54) is 75.1 Å². The van der Waals surface area contributed by atoms with E-state index in [1.807, 2.05) is 11.3 Å². The standard InChI is InChI=1S/C38H24S/c1-3-11-25(12-4-1)27-19-21-29-34-23-28(20-22-35(34)39-36(29)24-27)38-32-17-9-7-15-30(32)37(26-13-5-2-6-14-26)31-16-8-10-18-33(31)38/h1-24H. The molecule has 0 aliphatic carbocycles. The van der Waals surface area contributed by atoms with Crippen molar-refractivity contribution in [1.29, 1.82) is 0 Å². The molecule has 0 aliphatic rings. The molecule has 0 aliphatic heterocycles. The monoisotopic (exact) mass is 512 g/mol. The summed E-state index contributed by atoms with van der Waals surface area (Å²) >= 11 is 1.88. The highest BCUT2D eigenvalue weighted by Crippen LogP contribution is 2.45. The van der Waals surface area contributed by atoms with E-state index in [2.05, 4.69) is 146 Å². The first-order valence-corrected chi connectivity index (χ1v) is 14.2. The summed E-state index contributed by atoms with van der Waals surface area (Å²) in [7, 11) is 0. The molecule has 0 nitrogen and oxygen atoms in total. The van der Waals surface area contributed by atoms with Gasteiger partial charge in [-0.25, -0.2) is 0 Å². The van der Waals surface area contributed by atoms with Crippen molar-refractivity contribution in [3.63, 3.8) is 0 Å². The van der Waals surface area contributed by atoms with Crippen LogP contribution < -0.4 is 0 Å². The summed E-state index contributed by atoms with van der Waals surface area (Å²) in [5.74, 6) is 0. The van der Waals surface area contributed by atoms with Gasteiger partial charge in [-0.15, -0.1) is 11.3 Å². The van der Waals surface area contributed by atoms with Crippen molar-refractivity contribution in [2.75, 3.05) is 0 Å². The number of fused-ring (bicyclic) bond motifs is 5. The molecule has 0 fully saturated rings. The van der Waals surface area contributed by atoms with Gasteiger partial charge in [0.1, 0.15) is 0 Å². The van der Waals surface area contributed by atoms with Crippen LogP contribution in [0.5, 0.6) is 0 Å². The van der Waals surface area contributed by atoms with Crippen LogP contribution in [0, 0.1) is 0 Å². The lowest BCUT2D eigenvalue weighted by Gasteiger charge is -2.17. The van der Waals surface area contributed by atoms with Crippen molar-refractivity contribution < 1.29 is 0 Å². The number of hydrogen-bond donors (Lipinski definition) is 0. The minimum atomic E-state index is 1.25. The quantitative estimate of drug-likeness (QED) is 0.207. The lowest BCUT2D eigenvalue weighted by atomic mass is 9.86. The topological polar surface area (TPSA) is 0 Å². The van der Waals surface area contributed by atoms with Gasteiger partial charge in [0, 0.05) is 20.2 Å². The Balaban J connectivity index is 1.40. The maximum Gasteiger partial charge on any atom is 0.0361 e. The summed E-state index contributed by atoms with van der Waals surface area (Å²) in [5, 5.41) is 7.82. The molecule has 8 aromatic rings. The minimum absolute atomic E-state index is 1.25. The summed E-state index contributed by atoms with van der Waals surface area (Å²) < 4.78 is 2.66. The molecule has 0 bridgehead atoms. The number of rotatable bonds is 3. The second-order valence-electron chi connectivity index (χ2n) is 10.1. The summed E-state index contributed by atoms with van der Waals surface area (Å²) in [5.41, 5.74) is 7.66. The van der Waals surface area contributed by atoms with Gasteiger partial charge in [0.2, 0.25) is 0 Å². The molecule has 39 heavy (non-hydrogen) atoms. The van der Waals surface area contributed by atoms with Crippen LogP contribution in [0.15, 0.2) is 146 Å². The molecule has 0 spiro atoms. The van der Waals surface area contributed by atoms with Crippen LogP contribution in [0.2, 0.25) is 0 Å². The van der Waals surface area contributed by atoms with Gasteiger partial charge in [-0.2, -0.15) is 0 Å². The van der Waals surface area contributed by atoms with Gasteiger partial charge in [-0.05, 0) is 73.1 Å². The highest BCUT2D eigenvalue weighted by atomic mass is 32.1. The van der Waals surface area contributed by atoms with Gasteiger partial charge < -0.3 is 0 Å². The van der Waals surface area contributed by atoms with Crippen LogP contribution in [0.25, 0.3) is 75.1 Å². The van der Waals surface area contributed by atoms with Gasteiger partial charge in [0.15, 0.2) is 0 Å². The van der Waals surface area contributed by atoms with E-state index in [9.17, 15) is 0 Å². The molecule has 1 heteroatoms. The Hall–Kier alpha value is -4.72. The Morgan fingerprint density at radius 2 is 0.795 bits per heavy atom. The fraction of sp³-hybridized carbons (Fsp3) is 0. The molecule has 0 N–H and O–H groups in total. The van der Waals surface area contributed by atoms with E-state index in [4.69, 9.17) is 0 Å². The first-order chi connectivity index (χ1) is 19.3. The Bertz CT molecular complexity index is 2090.